The van der Waals surface area contributed by atoms with Gasteiger partial charge in [0.2, 0.25) is 5.91 Å². The summed E-state index contributed by atoms with van der Waals surface area (Å²) in [4.78, 5) is 23.8. The molecule has 2 rings (SSSR count). The predicted molar refractivity (Wildman–Crippen MR) is 92.6 cm³/mol. The lowest BCUT2D eigenvalue weighted by molar-refractivity contribution is -0.122. The van der Waals surface area contributed by atoms with Crippen LogP contribution < -0.4 is 10.6 Å². The second-order valence-corrected chi connectivity index (χ2v) is 5.49. The minimum Gasteiger partial charge on any atom is -0.394 e. The fourth-order valence-corrected chi connectivity index (χ4v) is 2.46. The highest BCUT2D eigenvalue weighted by Gasteiger charge is 2.13. The van der Waals surface area contributed by atoms with Crippen molar-refractivity contribution in [1.29, 1.82) is 0 Å². The van der Waals surface area contributed by atoms with E-state index >= 15 is 0 Å². The van der Waals surface area contributed by atoms with E-state index in [1.807, 2.05) is 36.4 Å². The fourth-order valence-electron chi connectivity index (χ4n) is 2.46. The number of carbonyl (C=O) groups is 2. The number of aliphatic hydroxyl groups is 1. The monoisotopic (exact) mass is 326 g/mol. The molecule has 0 aliphatic heterocycles. The summed E-state index contributed by atoms with van der Waals surface area (Å²) in [6.45, 7) is -0.151. The standard InChI is InChI=1S/C19H22N2O3/c1-20-19(24)16-9-5-6-14(12-16)10-11-18(23)21-17(13-22)15-7-3-2-4-8-15/h2-9,12,17,22H,10-11,13H2,1H3,(H,20,24)(H,21,23). The quantitative estimate of drug-likeness (QED) is 0.726. The van der Waals surface area contributed by atoms with Gasteiger partial charge in [-0.3, -0.25) is 9.59 Å². The van der Waals surface area contributed by atoms with Crippen LogP contribution in [-0.2, 0) is 11.2 Å². The van der Waals surface area contributed by atoms with Crippen LogP contribution in [0.15, 0.2) is 54.6 Å². The molecule has 2 aromatic rings. The molecular formula is C19H22N2O3. The highest BCUT2D eigenvalue weighted by atomic mass is 16.3. The number of hydrogen-bond donors (Lipinski definition) is 3. The second-order valence-electron chi connectivity index (χ2n) is 5.49. The lowest BCUT2D eigenvalue weighted by atomic mass is 10.0. The first-order valence-electron chi connectivity index (χ1n) is 7.90. The molecular weight excluding hydrogens is 304 g/mol. The summed E-state index contributed by atoms with van der Waals surface area (Å²) in [5.41, 5.74) is 2.37. The Morgan fingerprint density at radius 3 is 2.50 bits per heavy atom. The van der Waals surface area contributed by atoms with Crippen molar-refractivity contribution in [3.05, 3.63) is 71.3 Å². The first kappa shape index (κ1) is 17.7. The van der Waals surface area contributed by atoms with E-state index in [2.05, 4.69) is 10.6 Å². The molecule has 0 fully saturated rings. The van der Waals surface area contributed by atoms with E-state index in [1.54, 1.807) is 25.2 Å². The highest BCUT2D eigenvalue weighted by Crippen LogP contribution is 2.13. The van der Waals surface area contributed by atoms with E-state index in [-0.39, 0.29) is 18.4 Å². The maximum atomic E-state index is 12.1. The summed E-state index contributed by atoms with van der Waals surface area (Å²) in [5.74, 6) is -0.283. The zero-order chi connectivity index (χ0) is 17.4. The molecule has 0 bridgehead atoms. The van der Waals surface area contributed by atoms with Crippen LogP contribution in [-0.4, -0.2) is 30.6 Å². The second kappa shape index (κ2) is 8.84. The van der Waals surface area contributed by atoms with E-state index in [0.29, 0.717) is 18.4 Å². The molecule has 0 heterocycles. The Morgan fingerprint density at radius 1 is 1.08 bits per heavy atom. The van der Waals surface area contributed by atoms with Crippen molar-refractivity contribution < 1.29 is 14.7 Å². The van der Waals surface area contributed by atoms with Crippen molar-refractivity contribution in [2.75, 3.05) is 13.7 Å². The summed E-state index contributed by atoms with van der Waals surface area (Å²) in [7, 11) is 1.58. The maximum absolute atomic E-state index is 12.1. The Balaban J connectivity index is 1.92. The van der Waals surface area contributed by atoms with Gasteiger partial charge in [0.05, 0.1) is 12.6 Å². The molecule has 0 aliphatic rings. The van der Waals surface area contributed by atoms with Gasteiger partial charge in [-0.25, -0.2) is 0 Å². The normalized spacial score (nSPS) is 11.6. The molecule has 5 nitrogen and oxygen atoms in total. The molecule has 0 saturated carbocycles. The van der Waals surface area contributed by atoms with Crippen LogP contribution in [0, 0.1) is 0 Å². The van der Waals surface area contributed by atoms with Gasteiger partial charge in [-0.05, 0) is 29.7 Å². The lowest BCUT2D eigenvalue weighted by Crippen LogP contribution is -2.30. The molecule has 5 heteroatoms. The van der Waals surface area contributed by atoms with Gasteiger partial charge < -0.3 is 15.7 Å². The van der Waals surface area contributed by atoms with Gasteiger partial charge in [0.25, 0.3) is 5.91 Å². The van der Waals surface area contributed by atoms with Crippen LogP contribution in [0.2, 0.25) is 0 Å². The number of rotatable bonds is 7. The van der Waals surface area contributed by atoms with Crippen molar-refractivity contribution >= 4 is 11.8 Å². The van der Waals surface area contributed by atoms with Crippen molar-refractivity contribution in [2.45, 2.75) is 18.9 Å². The number of nitrogens with one attached hydrogen (secondary N) is 2. The molecule has 0 aliphatic carbocycles. The molecule has 0 radical (unpaired) electrons. The van der Waals surface area contributed by atoms with Crippen molar-refractivity contribution in [3.8, 4) is 0 Å². The summed E-state index contributed by atoms with van der Waals surface area (Å²) in [6, 6.07) is 16.2. The van der Waals surface area contributed by atoms with Crippen LogP contribution in [0.5, 0.6) is 0 Å². The molecule has 0 spiro atoms. The zero-order valence-electron chi connectivity index (χ0n) is 13.7. The molecule has 1 atom stereocenters. The lowest BCUT2D eigenvalue weighted by Gasteiger charge is -2.16. The van der Waals surface area contributed by atoms with E-state index in [1.165, 1.54) is 0 Å². The molecule has 0 saturated heterocycles. The number of carbonyl (C=O) groups excluding carboxylic acids is 2. The summed E-state index contributed by atoms with van der Waals surface area (Å²) >= 11 is 0. The molecule has 24 heavy (non-hydrogen) atoms. The molecule has 0 aromatic heterocycles. The van der Waals surface area contributed by atoms with Gasteiger partial charge in [0.1, 0.15) is 0 Å². The molecule has 3 N–H and O–H groups in total. The molecule has 2 aromatic carbocycles. The van der Waals surface area contributed by atoms with Crippen LogP contribution in [0.3, 0.4) is 0 Å². The van der Waals surface area contributed by atoms with E-state index < -0.39 is 6.04 Å². The first-order chi connectivity index (χ1) is 11.6. The third kappa shape index (κ3) is 4.93. The topological polar surface area (TPSA) is 78.4 Å². The number of amides is 2. The fraction of sp³-hybridized carbons (Fsp3) is 0.263. The molecule has 1 unspecified atom stereocenters. The third-order valence-electron chi connectivity index (χ3n) is 3.78. The largest absolute Gasteiger partial charge is 0.394 e. The highest BCUT2D eigenvalue weighted by molar-refractivity contribution is 5.94. The van der Waals surface area contributed by atoms with Gasteiger partial charge in [0, 0.05) is 19.0 Å². The number of benzene rings is 2. The first-order valence-corrected chi connectivity index (χ1v) is 7.90. The SMILES string of the molecule is CNC(=O)c1cccc(CCC(=O)NC(CO)c2ccccc2)c1. The van der Waals surface area contributed by atoms with Gasteiger partial charge in [-0.15, -0.1) is 0 Å². The Bertz CT molecular complexity index is 686. The van der Waals surface area contributed by atoms with Gasteiger partial charge in [-0.1, -0.05) is 42.5 Å². The van der Waals surface area contributed by atoms with Gasteiger partial charge in [0.15, 0.2) is 0 Å². The Hall–Kier alpha value is -2.66. The van der Waals surface area contributed by atoms with Crippen LogP contribution in [0.4, 0.5) is 0 Å². The van der Waals surface area contributed by atoms with Gasteiger partial charge in [-0.2, -0.15) is 0 Å². The molecule has 126 valence electrons. The van der Waals surface area contributed by atoms with E-state index in [4.69, 9.17) is 0 Å². The average Bonchev–Trinajstić information content (AvgIpc) is 2.64. The van der Waals surface area contributed by atoms with Gasteiger partial charge >= 0.3 is 0 Å². The number of aryl methyl sites for hydroxylation is 1. The summed E-state index contributed by atoms with van der Waals surface area (Å²) < 4.78 is 0. The average molecular weight is 326 g/mol. The summed E-state index contributed by atoms with van der Waals surface area (Å²) in [5, 5.41) is 14.9. The third-order valence-corrected chi connectivity index (χ3v) is 3.78. The van der Waals surface area contributed by atoms with Crippen molar-refractivity contribution in [1.82, 2.24) is 10.6 Å². The minimum atomic E-state index is -0.407. The van der Waals surface area contributed by atoms with Crippen LogP contribution >= 0.6 is 0 Å². The smallest absolute Gasteiger partial charge is 0.251 e. The number of aliphatic hydroxyl groups excluding tert-OH is 1. The van der Waals surface area contributed by atoms with Crippen molar-refractivity contribution in [3.63, 3.8) is 0 Å². The molecule has 2 amide bonds. The van der Waals surface area contributed by atoms with Crippen LogP contribution in [0.1, 0.15) is 33.9 Å². The Morgan fingerprint density at radius 2 is 1.83 bits per heavy atom. The zero-order valence-corrected chi connectivity index (χ0v) is 13.7. The predicted octanol–water partition coefficient (Wildman–Crippen LogP) is 1.83. The minimum absolute atomic E-state index is 0.136. The van der Waals surface area contributed by atoms with Crippen molar-refractivity contribution in [2.24, 2.45) is 0 Å². The van der Waals surface area contributed by atoms with Crippen LogP contribution in [0.25, 0.3) is 0 Å². The van der Waals surface area contributed by atoms with E-state index in [9.17, 15) is 14.7 Å². The Kier molecular flexibility index (Phi) is 6.51. The Labute approximate surface area is 141 Å². The number of hydrogen-bond acceptors (Lipinski definition) is 3. The maximum Gasteiger partial charge on any atom is 0.251 e. The summed E-state index contributed by atoms with van der Waals surface area (Å²) in [6.07, 6.45) is 0.824. The van der Waals surface area contributed by atoms with E-state index in [0.717, 1.165) is 11.1 Å².